The monoisotopic (exact) mass is 296 g/mol. The zero-order valence-corrected chi connectivity index (χ0v) is 9.93. The molecule has 6 nitrogen and oxygen atoms in total. The molecule has 0 saturated carbocycles. The summed E-state index contributed by atoms with van der Waals surface area (Å²) in [6, 6.07) is 3.63. The Morgan fingerprint density at radius 1 is 1.59 bits per heavy atom. The number of benzene rings is 1. The number of carbonyl (C=O) groups is 2. The number of halogens is 1. The van der Waals surface area contributed by atoms with E-state index >= 15 is 0 Å². The van der Waals surface area contributed by atoms with Gasteiger partial charge in [-0.2, -0.15) is 5.26 Å². The van der Waals surface area contributed by atoms with E-state index in [1.54, 1.807) is 6.07 Å². The van der Waals surface area contributed by atoms with Crippen molar-refractivity contribution in [1.29, 1.82) is 5.26 Å². The van der Waals surface area contributed by atoms with Crippen LogP contribution in [0.1, 0.15) is 26.3 Å². The number of nitriles is 1. The second-order valence-corrected chi connectivity index (χ2v) is 3.56. The molecule has 86 valence electrons. The Bertz CT molecular complexity index is 548. The van der Waals surface area contributed by atoms with Crippen molar-refractivity contribution in [2.45, 2.75) is 0 Å². The molecule has 0 spiro atoms. The van der Waals surface area contributed by atoms with E-state index in [9.17, 15) is 19.7 Å². The molecule has 1 aromatic rings. The highest BCUT2D eigenvalue weighted by atomic mass is 79.9. The van der Waals surface area contributed by atoms with Crippen LogP contribution in [0.5, 0.6) is 0 Å². The summed E-state index contributed by atoms with van der Waals surface area (Å²) >= 11 is 2.92. The van der Waals surface area contributed by atoms with Crippen LogP contribution in [0.2, 0.25) is 0 Å². The van der Waals surface area contributed by atoms with Crippen LogP contribution in [-0.2, 0) is 0 Å². The van der Waals surface area contributed by atoms with Crippen molar-refractivity contribution in [3.05, 3.63) is 38.9 Å². The van der Waals surface area contributed by atoms with Crippen molar-refractivity contribution >= 4 is 33.7 Å². The third kappa shape index (κ3) is 2.54. The van der Waals surface area contributed by atoms with Crippen LogP contribution in [0.25, 0.3) is 0 Å². The van der Waals surface area contributed by atoms with Gasteiger partial charge in [0.15, 0.2) is 12.1 Å². The third-order valence-electron chi connectivity index (χ3n) is 2.01. The maximum absolute atomic E-state index is 11.5. The molecule has 0 atom stereocenters. The Hall–Kier alpha value is -2.07. The van der Waals surface area contributed by atoms with Crippen LogP contribution in [-0.4, -0.2) is 22.3 Å². The quantitative estimate of drug-likeness (QED) is 0.277. The fourth-order valence-corrected chi connectivity index (χ4v) is 1.59. The van der Waals surface area contributed by atoms with Gasteiger partial charge in [0.2, 0.25) is 0 Å². The molecule has 0 unspecified atom stereocenters. The number of nitro benzene ring substituents is 1. The number of rotatable bonds is 4. The molecular formula is C10H5BrN2O4. The molecule has 0 bridgehead atoms. The van der Waals surface area contributed by atoms with Gasteiger partial charge >= 0.3 is 0 Å². The van der Waals surface area contributed by atoms with E-state index in [0.717, 1.165) is 12.1 Å². The number of ketones is 1. The molecular weight excluding hydrogens is 292 g/mol. The predicted octanol–water partition coefficient (Wildman–Crippen LogP) is 1.86. The lowest BCUT2D eigenvalue weighted by Crippen LogP contribution is -2.08. The van der Waals surface area contributed by atoms with Crippen LogP contribution in [0.3, 0.4) is 0 Å². The maximum atomic E-state index is 11.5. The molecule has 0 aliphatic heterocycles. The Labute approximate surface area is 104 Å². The highest BCUT2D eigenvalue weighted by molar-refractivity contribution is 9.09. The largest absolute Gasteiger partial charge is 0.298 e. The lowest BCUT2D eigenvalue weighted by atomic mass is 9.98. The first-order chi connectivity index (χ1) is 8.04. The Morgan fingerprint density at radius 3 is 2.65 bits per heavy atom. The number of Topliss-reactive ketones (excluding diaryl/α,β-unsaturated/α-hetero) is 1. The molecule has 1 rings (SSSR count). The molecule has 0 aliphatic rings. The fourth-order valence-electron chi connectivity index (χ4n) is 1.31. The second-order valence-electron chi connectivity index (χ2n) is 3.00. The van der Waals surface area contributed by atoms with Gasteiger partial charge in [-0.05, 0) is 0 Å². The summed E-state index contributed by atoms with van der Waals surface area (Å²) in [7, 11) is 0. The van der Waals surface area contributed by atoms with Crippen LogP contribution < -0.4 is 0 Å². The van der Waals surface area contributed by atoms with E-state index in [1.807, 2.05) is 0 Å². The zero-order valence-electron chi connectivity index (χ0n) is 8.34. The lowest BCUT2D eigenvalue weighted by molar-refractivity contribution is -0.384. The number of carbonyl (C=O) groups excluding carboxylic acids is 2. The maximum Gasteiger partial charge on any atom is 0.271 e. The molecule has 7 heteroatoms. The van der Waals surface area contributed by atoms with Gasteiger partial charge in [-0.25, -0.2) is 0 Å². The summed E-state index contributed by atoms with van der Waals surface area (Å²) in [5, 5.41) is 19.3. The van der Waals surface area contributed by atoms with E-state index in [0.29, 0.717) is 6.29 Å². The van der Waals surface area contributed by atoms with Crippen molar-refractivity contribution in [2.24, 2.45) is 0 Å². The number of aldehydes is 1. The first-order valence-electron chi connectivity index (χ1n) is 4.32. The van der Waals surface area contributed by atoms with E-state index in [4.69, 9.17) is 5.26 Å². The standard InChI is InChI=1S/C10H5BrN2O4/c11-3-9(15)10-6(4-12)1-8(13(16)17)2-7(10)5-14/h1-2,5H,3H2. The first kappa shape index (κ1) is 13.0. The van der Waals surface area contributed by atoms with Gasteiger partial charge in [0.05, 0.1) is 15.8 Å². The number of hydrogen-bond donors (Lipinski definition) is 0. The van der Waals surface area contributed by atoms with Gasteiger partial charge in [-0.1, -0.05) is 15.9 Å². The molecule has 0 aliphatic carbocycles. The normalized spacial score (nSPS) is 9.41. The average Bonchev–Trinajstić information content (AvgIpc) is 2.35. The molecule has 17 heavy (non-hydrogen) atoms. The van der Waals surface area contributed by atoms with Crippen LogP contribution in [0, 0.1) is 21.4 Å². The molecule has 0 aromatic heterocycles. The number of hydrogen-bond acceptors (Lipinski definition) is 5. The van der Waals surface area contributed by atoms with Gasteiger partial charge in [0.25, 0.3) is 5.69 Å². The van der Waals surface area contributed by atoms with E-state index < -0.39 is 16.4 Å². The Balaban J connectivity index is 3.59. The first-order valence-corrected chi connectivity index (χ1v) is 5.44. The fraction of sp³-hybridized carbons (Fsp3) is 0.100. The minimum Gasteiger partial charge on any atom is -0.298 e. The molecule has 0 fully saturated rings. The van der Waals surface area contributed by atoms with Crippen LogP contribution >= 0.6 is 15.9 Å². The molecule has 0 radical (unpaired) electrons. The van der Waals surface area contributed by atoms with Gasteiger partial charge in [-0.15, -0.1) is 0 Å². The van der Waals surface area contributed by atoms with E-state index in [2.05, 4.69) is 15.9 Å². The average molecular weight is 297 g/mol. The lowest BCUT2D eigenvalue weighted by Gasteiger charge is -2.04. The van der Waals surface area contributed by atoms with Gasteiger partial charge in [0, 0.05) is 23.3 Å². The number of alkyl halides is 1. The van der Waals surface area contributed by atoms with Gasteiger partial charge in [-0.3, -0.25) is 19.7 Å². The van der Waals surface area contributed by atoms with Crippen molar-refractivity contribution < 1.29 is 14.5 Å². The highest BCUT2D eigenvalue weighted by Crippen LogP contribution is 2.22. The van der Waals surface area contributed by atoms with Gasteiger partial charge in [0.1, 0.15) is 6.07 Å². The van der Waals surface area contributed by atoms with E-state index in [1.165, 1.54) is 0 Å². The molecule has 0 saturated heterocycles. The summed E-state index contributed by atoms with van der Waals surface area (Å²) in [5.74, 6) is -0.474. The molecule has 0 N–H and O–H groups in total. The third-order valence-corrected chi connectivity index (χ3v) is 2.52. The SMILES string of the molecule is N#Cc1cc([N+](=O)[O-])cc(C=O)c1C(=O)CBr. The minimum absolute atomic E-state index is 0.0691. The summed E-state index contributed by atoms with van der Waals surface area (Å²) in [4.78, 5) is 32.2. The molecule has 1 aromatic carbocycles. The summed E-state index contributed by atoms with van der Waals surface area (Å²) < 4.78 is 0. The zero-order chi connectivity index (χ0) is 13.0. The summed E-state index contributed by atoms with van der Waals surface area (Å²) in [5.41, 5.74) is -0.814. The molecule has 0 amide bonds. The Morgan fingerprint density at radius 2 is 2.24 bits per heavy atom. The summed E-state index contributed by atoms with van der Waals surface area (Å²) in [6.45, 7) is 0. The van der Waals surface area contributed by atoms with Crippen molar-refractivity contribution in [3.8, 4) is 6.07 Å². The van der Waals surface area contributed by atoms with Gasteiger partial charge < -0.3 is 0 Å². The van der Waals surface area contributed by atoms with Crippen molar-refractivity contribution in [1.82, 2.24) is 0 Å². The number of nitrogens with zero attached hydrogens (tertiary/aromatic N) is 2. The number of non-ortho nitro benzene ring substituents is 1. The van der Waals surface area contributed by atoms with Crippen molar-refractivity contribution in [2.75, 3.05) is 5.33 Å². The predicted molar refractivity (Wildman–Crippen MR) is 61.3 cm³/mol. The summed E-state index contributed by atoms with van der Waals surface area (Å²) in [6.07, 6.45) is 0.323. The number of nitro groups is 1. The Kier molecular flexibility index (Phi) is 4.06. The van der Waals surface area contributed by atoms with Crippen molar-refractivity contribution in [3.63, 3.8) is 0 Å². The molecule has 0 heterocycles. The topological polar surface area (TPSA) is 101 Å². The second kappa shape index (κ2) is 5.32. The van der Waals surface area contributed by atoms with Crippen LogP contribution in [0.15, 0.2) is 12.1 Å². The van der Waals surface area contributed by atoms with E-state index in [-0.39, 0.29) is 22.0 Å². The van der Waals surface area contributed by atoms with Crippen LogP contribution in [0.4, 0.5) is 5.69 Å². The smallest absolute Gasteiger partial charge is 0.271 e. The highest BCUT2D eigenvalue weighted by Gasteiger charge is 2.20. The minimum atomic E-state index is -0.726.